The van der Waals surface area contributed by atoms with Crippen LogP contribution in [0.2, 0.25) is 0 Å². The van der Waals surface area contributed by atoms with Gasteiger partial charge in [-0.15, -0.1) is 0 Å². The number of aromatic nitrogens is 2. The molecular formula is C15H11N3. The quantitative estimate of drug-likeness (QED) is 0.636. The van der Waals surface area contributed by atoms with Gasteiger partial charge in [0.25, 0.3) is 0 Å². The fraction of sp³-hybridized carbons (Fsp3) is 0. The second-order valence-corrected chi connectivity index (χ2v) is 3.89. The second-order valence-electron chi connectivity index (χ2n) is 3.89. The lowest BCUT2D eigenvalue weighted by atomic mass is 10.2. The summed E-state index contributed by atoms with van der Waals surface area (Å²) >= 11 is 0. The summed E-state index contributed by atoms with van der Waals surface area (Å²) in [5.41, 5.74) is 2.92. The first kappa shape index (κ1) is 10.6. The van der Waals surface area contributed by atoms with Crippen LogP contribution in [-0.4, -0.2) is 16.2 Å². The molecule has 0 aliphatic heterocycles. The molecule has 2 heterocycles. The Bertz CT molecular complexity index is 685. The summed E-state index contributed by atoms with van der Waals surface area (Å²) in [5.74, 6) is 0. The largest absolute Gasteiger partial charge is 0.265 e. The third-order valence-electron chi connectivity index (χ3n) is 2.68. The van der Waals surface area contributed by atoms with E-state index in [1.165, 1.54) is 0 Å². The summed E-state index contributed by atoms with van der Waals surface area (Å²) in [5, 5.41) is 1.06. The number of hydrogen-bond acceptors (Lipinski definition) is 3. The zero-order valence-corrected chi connectivity index (χ0v) is 9.69. The minimum atomic E-state index is 0.928. The highest BCUT2D eigenvalue weighted by Crippen LogP contribution is 2.23. The highest BCUT2D eigenvalue weighted by molar-refractivity contribution is 5.93. The van der Waals surface area contributed by atoms with Crippen molar-refractivity contribution < 1.29 is 0 Å². The first-order valence-electron chi connectivity index (χ1n) is 5.71. The molecule has 0 atom stereocenters. The van der Waals surface area contributed by atoms with E-state index in [0.717, 1.165) is 22.2 Å². The van der Waals surface area contributed by atoms with Gasteiger partial charge in [0.15, 0.2) is 0 Å². The van der Waals surface area contributed by atoms with Gasteiger partial charge >= 0.3 is 0 Å². The summed E-state index contributed by atoms with van der Waals surface area (Å²) in [6.45, 7) is 0. The minimum Gasteiger partial charge on any atom is -0.265 e. The van der Waals surface area contributed by atoms with Crippen LogP contribution in [0.1, 0.15) is 5.56 Å². The Kier molecular flexibility index (Phi) is 2.80. The van der Waals surface area contributed by atoms with E-state index in [9.17, 15) is 0 Å². The summed E-state index contributed by atoms with van der Waals surface area (Å²) in [4.78, 5) is 12.8. The molecule has 18 heavy (non-hydrogen) atoms. The van der Waals surface area contributed by atoms with E-state index in [2.05, 4.69) is 15.0 Å². The van der Waals surface area contributed by atoms with Crippen LogP contribution in [0.5, 0.6) is 0 Å². The van der Waals surface area contributed by atoms with Gasteiger partial charge in [-0.2, -0.15) is 0 Å². The molecule has 0 amide bonds. The van der Waals surface area contributed by atoms with Crippen LogP contribution in [0.4, 0.5) is 5.69 Å². The topological polar surface area (TPSA) is 38.1 Å². The number of aliphatic imine (C=N–C) groups is 1. The molecule has 0 spiro atoms. The van der Waals surface area contributed by atoms with Gasteiger partial charge in [-0.05, 0) is 42.0 Å². The van der Waals surface area contributed by atoms with E-state index in [1.807, 2.05) is 48.7 Å². The van der Waals surface area contributed by atoms with E-state index in [1.54, 1.807) is 18.6 Å². The first-order chi connectivity index (χ1) is 8.93. The Morgan fingerprint density at radius 2 is 1.78 bits per heavy atom. The molecule has 0 aliphatic carbocycles. The SMILES string of the molecule is C(=N\c1cccc2ncccc12)/c1ccncc1. The van der Waals surface area contributed by atoms with Crippen molar-refractivity contribution in [3.8, 4) is 0 Å². The van der Waals surface area contributed by atoms with Crippen molar-refractivity contribution in [2.45, 2.75) is 0 Å². The van der Waals surface area contributed by atoms with E-state index < -0.39 is 0 Å². The smallest absolute Gasteiger partial charge is 0.0723 e. The fourth-order valence-corrected chi connectivity index (χ4v) is 1.79. The summed E-state index contributed by atoms with van der Waals surface area (Å²) < 4.78 is 0. The van der Waals surface area contributed by atoms with Crippen molar-refractivity contribution in [3.05, 3.63) is 66.6 Å². The van der Waals surface area contributed by atoms with Gasteiger partial charge in [0.1, 0.15) is 0 Å². The van der Waals surface area contributed by atoms with Crippen molar-refractivity contribution in [2.75, 3.05) is 0 Å². The van der Waals surface area contributed by atoms with Crippen LogP contribution in [0.15, 0.2) is 66.0 Å². The Morgan fingerprint density at radius 3 is 2.67 bits per heavy atom. The fourth-order valence-electron chi connectivity index (χ4n) is 1.79. The number of hydrogen-bond donors (Lipinski definition) is 0. The molecule has 0 N–H and O–H groups in total. The molecule has 3 nitrogen and oxygen atoms in total. The maximum absolute atomic E-state index is 4.51. The molecular weight excluding hydrogens is 222 g/mol. The minimum absolute atomic E-state index is 0.928. The highest BCUT2D eigenvalue weighted by Gasteiger charge is 1.98. The Labute approximate surface area is 105 Å². The van der Waals surface area contributed by atoms with Crippen molar-refractivity contribution in [2.24, 2.45) is 4.99 Å². The number of benzene rings is 1. The van der Waals surface area contributed by atoms with Crippen molar-refractivity contribution in [3.63, 3.8) is 0 Å². The maximum atomic E-state index is 4.51. The number of fused-ring (bicyclic) bond motifs is 1. The van der Waals surface area contributed by atoms with E-state index >= 15 is 0 Å². The van der Waals surface area contributed by atoms with E-state index in [4.69, 9.17) is 0 Å². The number of rotatable bonds is 2. The van der Waals surface area contributed by atoms with Crippen LogP contribution in [0, 0.1) is 0 Å². The standard InChI is InChI=1S/C15H11N3/c1-4-14-13(3-2-8-17-14)15(5-1)18-11-12-6-9-16-10-7-12/h1-11H/b18-11+. The first-order valence-corrected chi connectivity index (χ1v) is 5.71. The van der Waals surface area contributed by atoms with Crippen LogP contribution < -0.4 is 0 Å². The number of nitrogens with zero attached hydrogens (tertiary/aromatic N) is 3. The van der Waals surface area contributed by atoms with E-state index in [-0.39, 0.29) is 0 Å². The third kappa shape index (κ3) is 2.11. The van der Waals surface area contributed by atoms with Gasteiger partial charge in [0, 0.05) is 30.2 Å². The molecule has 3 rings (SSSR count). The predicted molar refractivity (Wildman–Crippen MR) is 73.2 cm³/mol. The van der Waals surface area contributed by atoms with Gasteiger partial charge in [-0.1, -0.05) is 6.07 Å². The van der Waals surface area contributed by atoms with Crippen LogP contribution in [0.3, 0.4) is 0 Å². The van der Waals surface area contributed by atoms with Crippen molar-refractivity contribution >= 4 is 22.8 Å². The molecule has 3 aromatic rings. The lowest BCUT2D eigenvalue weighted by Crippen LogP contribution is -1.81. The van der Waals surface area contributed by atoms with Crippen LogP contribution in [0.25, 0.3) is 10.9 Å². The summed E-state index contributed by atoms with van der Waals surface area (Å²) in [6.07, 6.45) is 7.14. The second kappa shape index (κ2) is 4.75. The normalized spacial score (nSPS) is 11.1. The predicted octanol–water partition coefficient (Wildman–Crippen LogP) is 3.38. The molecule has 0 bridgehead atoms. The summed E-state index contributed by atoms with van der Waals surface area (Å²) in [6, 6.07) is 13.7. The molecule has 0 radical (unpaired) electrons. The van der Waals surface area contributed by atoms with Crippen LogP contribution in [-0.2, 0) is 0 Å². The molecule has 86 valence electrons. The Hall–Kier alpha value is -2.55. The molecule has 3 heteroatoms. The van der Waals surface area contributed by atoms with Gasteiger partial charge in [0.2, 0.25) is 0 Å². The van der Waals surface area contributed by atoms with E-state index in [0.29, 0.717) is 0 Å². The highest BCUT2D eigenvalue weighted by atomic mass is 14.7. The maximum Gasteiger partial charge on any atom is 0.0723 e. The lowest BCUT2D eigenvalue weighted by molar-refractivity contribution is 1.32. The van der Waals surface area contributed by atoms with Crippen LogP contribution >= 0.6 is 0 Å². The molecule has 0 aliphatic rings. The van der Waals surface area contributed by atoms with Gasteiger partial charge in [-0.25, -0.2) is 0 Å². The Balaban J connectivity index is 2.03. The van der Waals surface area contributed by atoms with Gasteiger partial charge in [0.05, 0.1) is 11.2 Å². The Morgan fingerprint density at radius 1 is 0.889 bits per heavy atom. The zero-order valence-electron chi connectivity index (χ0n) is 9.69. The molecule has 0 unspecified atom stereocenters. The molecule has 1 aromatic carbocycles. The molecule has 0 saturated heterocycles. The summed E-state index contributed by atoms with van der Waals surface area (Å²) in [7, 11) is 0. The van der Waals surface area contributed by atoms with Gasteiger partial charge in [-0.3, -0.25) is 15.0 Å². The molecule has 2 aromatic heterocycles. The lowest BCUT2D eigenvalue weighted by Gasteiger charge is -2.00. The van der Waals surface area contributed by atoms with Crippen molar-refractivity contribution in [1.29, 1.82) is 0 Å². The molecule has 0 fully saturated rings. The average molecular weight is 233 g/mol. The van der Waals surface area contributed by atoms with Crippen molar-refractivity contribution in [1.82, 2.24) is 9.97 Å². The average Bonchev–Trinajstić information content (AvgIpc) is 2.46. The zero-order chi connectivity index (χ0) is 12.2. The van der Waals surface area contributed by atoms with Gasteiger partial charge < -0.3 is 0 Å². The number of pyridine rings is 2. The monoisotopic (exact) mass is 233 g/mol. The third-order valence-corrected chi connectivity index (χ3v) is 2.68. The molecule has 0 saturated carbocycles.